The molecule has 18 heavy (non-hydrogen) atoms. The Morgan fingerprint density at radius 3 is 2.67 bits per heavy atom. The Labute approximate surface area is 109 Å². The maximum Gasteiger partial charge on any atom is 0.279 e. The second-order valence-electron chi connectivity index (χ2n) is 3.27. The van der Waals surface area contributed by atoms with Gasteiger partial charge in [0.15, 0.2) is 4.77 Å². The third-order valence-corrected chi connectivity index (χ3v) is 2.51. The van der Waals surface area contributed by atoms with Crippen LogP contribution >= 0.6 is 12.2 Å². The van der Waals surface area contributed by atoms with Gasteiger partial charge in [0.05, 0.1) is 14.2 Å². The molecule has 0 saturated heterocycles. The summed E-state index contributed by atoms with van der Waals surface area (Å²) in [6.45, 7) is 3.82. The molecule has 0 aliphatic rings. The van der Waals surface area contributed by atoms with E-state index < -0.39 is 5.56 Å². The highest BCUT2D eigenvalue weighted by atomic mass is 32.1. The number of hydrogen-bond donors (Lipinski definition) is 2. The minimum Gasteiger partial charge on any atom is -0.494 e. The Bertz CT molecular complexity index is 580. The predicted molar refractivity (Wildman–Crippen MR) is 69.7 cm³/mol. The van der Waals surface area contributed by atoms with Crippen molar-refractivity contribution >= 4 is 18.3 Å². The van der Waals surface area contributed by atoms with Crippen molar-refractivity contribution in [1.82, 2.24) is 9.55 Å². The summed E-state index contributed by atoms with van der Waals surface area (Å²) in [5, 5.41) is 9.99. The summed E-state index contributed by atoms with van der Waals surface area (Å²) in [4.78, 5) is 14.2. The van der Waals surface area contributed by atoms with Gasteiger partial charge in [-0.2, -0.15) is 0 Å². The lowest BCUT2D eigenvalue weighted by Crippen LogP contribution is -2.16. The third-order valence-electron chi connectivity index (χ3n) is 2.18. The SMILES string of the molecule is C=CCn1c(O)c(C=C(OC)OC)c(=O)[nH]c1=S. The van der Waals surface area contributed by atoms with E-state index >= 15 is 0 Å². The first-order valence-corrected chi connectivity index (χ1v) is 5.42. The summed E-state index contributed by atoms with van der Waals surface area (Å²) in [5.74, 6) is -0.173. The zero-order valence-corrected chi connectivity index (χ0v) is 10.9. The number of hydrogen-bond acceptors (Lipinski definition) is 5. The smallest absolute Gasteiger partial charge is 0.279 e. The summed E-state index contributed by atoms with van der Waals surface area (Å²) >= 11 is 4.94. The van der Waals surface area contributed by atoms with Crippen LogP contribution in [-0.2, 0) is 16.0 Å². The van der Waals surface area contributed by atoms with Crippen molar-refractivity contribution in [1.29, 1.82) is 0 Å². The van der Waals surface area contributed by atoms with Gasteiger partial charge in [-0.15, -0.1) is 6.58 Å². The minimum absolute atomic E-state index is 0.00384. The topological polar surface area (TPSA) is 76.5 Å². The second-order valence-corrected chi connectivity index (χ2v) is 3.65. The lowest BCUT2D eigenvalue weighted by Gasteiger charge is -2.09. The van der Waals surface area contributed by atoms with Gasteiger partial charge >= 0.3 is 0 Å². The van der Waals surface area contributed by atoms with Crippen molar-refractivity contribution < 1.29 is 14.6 Å². The minimum atomic E-state index is -0.524. The normalized spacial score (nSPS) is 9.67. The van der Waals surface area contributed by atoms with E-state index in [1.807, 2.05) is 0 Å². The number of aromatic amines is 1. The Morgan fingerprint density at radius 2 is 2.17 bits per heavy atom. The number of nitrogens with one attached hydrogen (secondary N) is 1. The van der Waals surface area contributed by atoms with Gasteiger partial charge < -0.3 is 14.6 Å². The lowest BCUT2D eigenvalue weighted by atomic mass is 10.3. The van der Waals surface area contributed by atoms with Crippen LogP contribution in [0.4, 0.5) is 0 Å². The van der Waals surface area contributed by atoms with Gasteiger partial charge in [-0.3, -0.25) is 14.3 Å². The maximum absolute atomic E-state index is 11.7. The van der Waals surface area contributed by atoms with Crippen LogP contribution in [0.1, 0.15) is 5.56 Å². The van der Waals surface area contributed by atoms with E-state index in [9.17, 15) is 9.90 Å². The molecule has 0 aliphatic heterocycles. The molecule has 0 saturated carbocycles. The standard InChI is InChI=1S/C11H14N2O4S/c1-4-5-13-10(15)7(6-8(16-2)17-3)9(14)12-11(13)18/h4,6,15H,1,5H2,2-3H3,(H,12,14,18). The van der Waals surface area contributed by atoms with Gasteiger partial charge in [0.1, 0.15) is 5.56 Å². The number of allylic oxidation sites excluding steroid dienone is 1. The molecule has 7 heteroatoms. The van der Waals surface area contributed by atoms with Gasteiger partial charge in [-0.25, -0.2) is 0 Å². The average Bonchev–Trinajstić information content (AvgIpc) is 2.35. The third kappa shape index (κ3) is 2.80. The molecule has 0 aliphatic carbocycles. The summed E-state index contributed by atoms with van der Waals surface area (Å²) < 4.78 is 11.2. The second kappa shape index (κ2) is 6.06. The van der Waals surface area contributed by atoms with E-state index in [2.05, 4.69) is 11.6 Å². The molecule has 0 aromatic carbocycles. The maximum atomic E-state index is 11.7. The molecule has 0 atom stereocenters. The molecule has 1 heterocycles. The van der Waals surface area contributed by atoms with Crippen LogP contribution in [0.5, 0.6) is 5.88 Å². The number of rotatable bonds is 5. The molecule has 98 valence electrons. The molecule has 0 fully saturated rings. The van der Waals surface area contributed by atoms with E-state index in [1.54, 1.807) is 6.08 Å². The van der Waals surface area contributed by atoms with Gasteiger partial charge in [0.25, 0.3) is 11.5 Å². The van der Waals surface area contributed by atoms with E-state index in [-0.39, 0.29) is 28.7 Å². The highest BCUT2D eigenvalue weighted by Gasteiger charge is 2.11. The highest BCUT2D eigenvalue weighted by molar-refractivity contribution is 7.71. The van der Waals surface area contributed by atoms with Gasteiger partial charge in [0.2, 0.25) is 5.88 Å². The molecule has 6 nitrogen and oxygen atoms in total. The van der Waals surface area contributed by atoms with E-state index in [0.717, 1.165) is 0 Å². The fourth-order valence-corrected chi connectivity index (χ4v) is 1.58. The summed E-state index contributed by atoms with van der Waals surface area (Å²) in [5.41, 5.74) is -0.520. The summed E-state index contributed by atoms with van der Waals surface area (Å²) in [7, 11) is 2.78. The molecule has 0 radical (unpaired) electrons. The molecule has 0 bridgehead atoms. The van der Waals surface area contributed by atoms with Crippen LogP contribution in [0.15, 0.2) is 23.4 Å². The van der Waals surface area contributed by atoms with Crippen LogP contribution in [-0.4, -0.2) is 28.9 Å². The first-order valence-electron chi connectivity index (χ1n) is 5.01. The van der Waals surface area contributed by atoms with Gasteiger partial charge in [-0.05, 0) is 12.2 Å². The Balaban J connectivity index is 3.50. The van der Waals surface area contributed by atoms with E-state index in [4.69, 9.17) is 21.7 Å². The molecule has 1 aromatic heterocycles. The fraction of sp³-hybridized carbons (Fsp3) is 0.273. The highest BCUT2D eigenvalue weighted by Crippen LogP contribution is 2.16. The first kappa shape index (κ1) is 14.0. The molecule has 1 rings (SSSR count). The monoisotopic (exact) mass is 270 g/mol. The molecular formula is C11H14N2O4S. The molecule has 0 unspecified atom stereocenters. The Hall–Kier alpha value is -2.02. The lowest BCUT2D eigenvalue weighted by molar-refractivity contribution is 0.0999. The summed E-state index contributed by atoms with van der Waals surface area (Å²) in [6, 6.07) is 0. The van der Waals surface area contributed by atoms with Crippen molar-refractivity contribution in [2.45, 2.75) is 6.54 Å². The van der Waals surface area contributed by atoms with Crippen molar-refractivity contribution in [2.24, 2.45) is 0 Å². The van der Waals surface area contributed by atoms with Crippen molar-refractivity contribution in [3.05, 3.63) is 39.3 Å². The zero-order valence-electron chi connectivity index (χ0n) is 10.1. The van der Waals surface area contributed by atoms with Crippen molar-refractivity contribution in [3.63, 3.8) is 0 Å². The van der Waals surface area contributed by atoms with E-state index in [0.29, 0.717) is 0 Å². The zero-order chi connectivity index (χ0) is 13.7. The number of aromatic hydroxyl groups is 1. The van der Waals surface area contributed by atoms with Crippen molar-refractivity contribution in [2.75, 3.05) is 14.2 Å². The Morgan fingerprint density at radius 1 is 1.56 bits per heavy atom. The predicted octanol–water partition coefficient (Wildman–Crippen LogP) is 1.39. The number of H-pyrrole nitrogens is 1. The average molecular weight is 270 g/mol. The molecule has 0 amide bonds. The van der Waals surface area contributed by atoms with Gasteiger partial charge in [0, 0.05) is 12.6 Å². The summed E-state index contributed by atoms with van der Waals surface area (Å²) in [6.07, 6.45) is 2.83. The van der Waals surface area contributed by atoms with Crippen LogP contribution in [0.2, 0.25) is 0 Å². The Kier molecular flexibility index (Phi) is 4.73. The molecule has 0 spiro atoms. The fourth-order valence-electron chi connectivity index (χ4n) is 1.32. The van der Waals surface area contributed by atoms with Crippen LogP contribution in [0.3, 0.4) is 0 Å². The largest absolute Gasteiger partial charge is 0.494 e. The van der Waals surface area contributed by atoms with Crippen LogP contribution in [0.25, 0.3) is 6.08 Å². The van der Waals surface area contributed by atoms with Crippen molar-refractivity contribution in [3.8, 4) is 5.88 Å². The van der Waals surface area contributed by atoms with E-state index in [1.165, 1.54) is 24.9 Å². The van der Waals surface area contributed by atoms with Crippen LogP contribution < -0.4 is 5.56 Å². The quantitative estimate of drug-likeness (QED) is 0.480. The number of aromatic nitrogens is 2. The van der Waals surface area contributed by atoms with Gasteiger partial charge in [-0.1, -0.05) is 6.08 Å². The number of ether oxygens (including phenoxy) is 2. The number of nitrogens with zero attached hydrogens (tertiary/aromatic N) is 1. The molecule has 2 N–H and O–H groups in total. The van der Waals surface area contributed by atoms with Crippen LogP contribution in [0, 0.1) is 4.77 Å². The number of methoxy groups -OCH3 is 2. The first-order chi connectivity index (χ1) is 8.54. The molecule has 1 aromatic rings. The molecular weight excluding hydrogens is 256 g/mol.